The van der Waals surface area contributed by atoms with Crippen molar-refractivity contribution in [3.05, 3.63) is 70.8 Å². The molecule has 1 aromatic heterocycles. The molecule has 2 fully saturated rings. The first-order valence-corrected chi connectivity index (χ1v) is 11.4. The van der Waals surface area contributed by atoms with Gasteiger partial charge in [0.1, 0.15) is 24.0 Å². The van der Waals surface area contributed by atoms with E-state index in [1.165, 1.54) is 18.5 Å². The van der Waals surface area contributed by atoms with Crippen LogP contribution in [0.2, 0.25) is 5.02 Å². The average molecular weight is 438 g/mol. The van der Waals surface area contributed by atoms with Gasteiger partial charge in [0, 0.05) is 54.6 Å². The van der Waals surface area contributed by atoms with Crippen LogP contribution in [0, 0.1) is 6.92 Å². The van der Waals surface area contributed by atoms with Crippen molar-refractivity contribution >= 4 is 17.3 Å². The van der Waals surface area contributed by atoms with Crippen LogP contribution in [0.3, 0.4) is 0 Å². The van der Waals surface area contributed by atoms with E-state index in [0.717, 1.165) is 60.7 Å². The molecule has 1 aliphatic carbocycles. The average Bonchev–Trinajstić information content (AvgIpc) is 3.57. The molecule has 0 N–H and O–H groups in total. The van der Waals surface area contributed by atoms with Crippen LogP contribution in [-0.2, 0) is 13.2 Å². The van der Waals surface area contributed by atoms with Crippen LogP contribution in [0.5, 0.6) is 5.75 Å². The standard InChI is InChI=1S/C24H28ClN5O/c1-18-26-27-24(30(18)20-9-10-20)16-28-11-13-29(14-12-28)21-6-4-7-22(15-21)31-17-19-5-2-3-8-23(19)25/h2-8,15,20H,9-14,16-17H2,1H3. The van der Waals surface area contributed by atoms with Gasteiger partial charge in [-0.2, -0.15) is 0 Å². The molecule has 1 aliphatic heterocycles. The highest BCUT2D eigenvalue weighted by Gasteiger charge is 2.29. The van der Waals surface area contributed by atoms with Crippen LogP contribution < -0.4 is 9.64 Å². The van der Waals surface area contributed by atoms with E-state index < -0.39 is 0 Å². The molecule has 0 spiro atoms. The van der Waals surface area contributed by atoms with E-state index in [2.05, 4.69) is 49.7 Å². The Morgan fingerprint density at radius 1 is 1.00 bits per heavy atom. The Hall–Kier alpha value is -2.57. The minimum absolute atomic E-state index is 0.470. The van der Waals surface area contributed by atoms with E-state index in [1.54, 1.807) is 0 Å². The maximum absolute atomic E-state index is 6.24. The van der Waals surface area contributed by atoms with E-state index in [9.17, 15) is 0 Å². The summed E-state index contributed by atoms with van der Waals surface area (Å²) >= 11 is 6.24. The van der Waals surface area contributed by atoms with Crippen LogP contribution in [0.25, 0.3) is 0 Å². The van der Waals surface area contributed by atoms with Gasteiger partial charge in [0.2, 0.25) is 0 Å². The van der Waals surface area contributed by atoms with Crippen molar-refractivity contribution in [2.75, 3.05) is 31.1 Å². The summed E-state index contributed by atoms with van der Waals surface area (Å²) in [6.45, 7) is 7.43. The van der Waals surface area contributed by atoms with Gasteiger partial charge in [-0.05, 0) is 38.0 Å². The molecular weight excluding hydrogens is 410 g/mol. The second-order valence-electron chi connectivity index (χ2n) is 8.41. The molecular formula is C24H28ClN5O. The zero-order valence-electron chi connectivity index (χ0n) is 17.9. The van der Waals surface area contributed by atoms with Crippen molar-refractivity contribution in [1.82, 2.24) is 19.7 Å². The smallest absolute Gasteiger partial charge is 0.147 e. The lowest BCUT2D eigenvalue weighted by Gasteiger charge is -2.36. The van der Waals surface area contributed by atoms with Crippen molar-refractivity contribution in [1.29, 1.82) is 0 Å². The molecule has 2 heterocycles. The van der Waals surface area contributed by atoms with Crippen molar-refractivity contribution in [2.24, 2.45) is 0 Å². The third kappa shape index (κ3) is 4.70. The molecule has 0 atom stereocenters. The number of aryl methyl sites for hydroxylation is 1. The number of hydrogen-bond acceptors (Lipinski definition) is 5. The number of rotatable bonds is 7. The van der Waals surface area contributed by atoms with E-state index >= 15 is 0 Å². The van der Waals surface area contributed by atoms with Crippen molar-refractivity contribution in [3.63, 3.8) is 0 Å². The highest BCUT2D eigenvalue weighted by Crippen LogP contribution is 2.36. The Morgan fingerprint density at radius 3 is 2.58 bits per heavy atom. The van der Waals surface area contributed by atoms with Gasteiger partial charge < -0.3 is 14.2 Å². The first-order chi connectivity index (χ1) is 15.2. The summed E-state index contributed by atoms with van der Waals surface area (Å²) in [5, 5.41) is 9.50. The van der Waals surface area contributed by atoms with Crippen LogP contribution >= 0.6 is 11.6 Å². The SMILES string of the molecule is Cc1nnc(CN2CCN(c3cccc(OCc4ccccc4Cl)c3)CC2)n1C1CC1. The van der Waals surface area contributed by atoms with Crippen LogP contribution in [0.15, 0.2) is 48.5 Å². The first kappa shape index (κ1) is 20.3. The molecule has 3 aromatic rings. The van der Waals surface area contributed by atoms with Gasteiger partial charge >= 0.3 is 0 Å². The highest BCUT2D eigenvalue weighted by atomic mass is 35.5. The lowest BCUT2D eigenvalue weighted by molar-refractivity contribution is 0.240. The molecule has 0 radical (unpaired) electrons. The number of piperazine rings is 1. The molecule has 162 valence electrons. The van der Waals surface area contributed by atoms with Gasteiger partial charge in [-0.25, -0.2) is 0 Å². The van der Waals surface area contributed by atoms with Gasteiger partial charge in [-0.15, -0.1) is 10.2 Å². The van der Waals surface area contributed by atoms with Gasteiger partial charge in [0.25, 0.3) is 0 Å². The topological polar surface area (TPSA) is 46.4 Å². The second-order valence-corrected chi connectivity index (χ2v) is 8.81. The lowest BCUT2D eigenvalue weighted by Crippen LogP contribution is -2.46. The minimum atomic E-state index is 0.470. The Labute approximate surface area is 188 Å². The predicted molar refractivity (Wildman–Crippen MR) is 123 cm³/mol. The molecule has 5 rings (SSSR count). The highest BCUT2D eigenvalue weighted by molar-refractivity contribution is 6.31. The number of ether oxygens (including phenoxy) is 1. The fourth-order valence-corrected chi connectivity index (χ4v) is 4.43. The number of hydrogen-bond donors (Lipinski definition) is 0. The maximum atomic E-state index is 6.24. The number of aromatic nitrogens is 3. The molecule has 7 heteroatoms. The molecule has 2 aromatic carbocycles. The van der Waals surface area contributed by atoms with Crippen LogP contribution in [0.4, 0.5) is 5.69 Å². The maximum Gasteiger partial charge on any atom is 0.147 e. The Morgan fingerprint density at radius 2 is 1.81 bits per heavy atom. The van der Waals surface area contributed by atoms with E-state index in [4.69, 9.17) is 16.3 Å². The summed E-state index contributed by atoms with van der Waals surface area (Å²) in [4.78, 5) is 4.91. The predicted octanol–water partition coefficient (Wildman–Crippen LogP) is 4.48. The molecule has 6 nitrogen and oxygen atoms in total. The number of halogens is 1. The second kappa shape index (κ2) is 8.89. The van der Waals surface area contributed by atoms with E-state index in [-0.39, 0.29) is 0 Å². The summed E-state index contributed by atoms with van der Waals surface area (Å²) in [6, 6.07) is 16.8. The molecule has 1 saturated carbocycles. The zero-order valence-corrected chi connectivity index (χ0v) is 18.6. The molecule has 0 bridgehead atoms. The quantitative estimate of drug-likeness (QED) is 0.545. The van der Waals surface area contributed by atoms with Gasteiger partial charge in [0.05, 0.1) is 6.54 Å². The van der Waals surface area contributed by atoms with Crippen molar-refractivity contribution in [2.45, 2.75) is 39.0 Å². The Balaban J connectivity index is 1.17. The minimum Gasteiger partial charge on any atom is -0.489 e. The summed E-state index contributed by atoms with van der Waals surface area (Å²) in [5.74, 6) is 3.03. The Kier molecular flexibility index (Phi) is 5.83. The third-order valence-electron chi connectivity index (χ3n) is 6.12. The normalized spacial score (nSPS) is 17.2. The number of benzene rings is 2. The van der Waals surface area contributed by atoms with Crippen molar-refractivity contribution in [3.8, 4) is 5.75 Å². The van der Waals surface area contributed by atoms with Gasteiger partial charge in [0.15, 0.2) is 0 Å². The third-order valence-corrected chi connectivity index (χ3v) is 6.49. The summed E-state index contributed by atoms with van der Waals surface area (Å²) in [7, 11) is 0. The van der Waals surface area contributed by atoms with Gasteiger partial charge in [-0.3, -0.25) is 4.90 Å². The molecule has 0 amide bonds. The van der Waals surface area contributed by atoms with E-state index in [0.29, 0.717) is 12.6 Å². The van der Waals surface area contributed by atoms with Gasteiger partial charge in [-0.1, -0.05) is 35.9 Å². The fraction of sp³-hybridized carbons (Fsp3) is 0.417. The summed E-state index contributed by atoms with van der Waals surface area (Å²) in [5.41, 5.74) is 2.20. The number of nitrogens with zero attached hydrogens (tertiary/aromatic N) is 5. The summed E-state index contributed by atoms with van der Waals surface area (Å²) in [6.07, 6.45) is 2.52. The molecule has 1 saturated heterocycles. The fourth-order valence-electron chi connectivity index (χ4n) is 4.24. The number of anilines is 1. The molecule has 0 unspecified atom stereocenters. The molecule has 31 heavy (non-hydrogen) atoms. The van der Waals surface area contributed by atoms with Crippen LogP contribution in [-0.4, -0.2) is 45.8 Å². The Bertz CT molecular complexity index is 1040. The lowest BCUT2D eigenvalue weighted by atomic mass is 10.2. The molecule has 2 aliphatic rings. The monoisotopic (exact) mass is 437 g/mol. The van der Waals surface area contributed by atoms with Crippen LogP contribution in [0.1, 0.15) is 36.1 Å². The first-order valence-electron chi connectivity index (χ1n) is 11.0. The van der Waals surface area contributed by atoms with E-state index in [1.807, 2.05) is 30.3 Å². The van der Waals surface area contributed by atoms with Crippen molar-refractivity contribution < 1.29 is 4.74 Å². The summed E-state index contributed by atoms with van der Waals surface area (Å²) < 4.78 is 8.35. The zero-order chi connectivity index (χ0) is 21.2. The largest absolute Gasteiger partial charge is 0.489 e.